The Balaban J connectivity index is 1.57. The summed E-state index contributed by atoms with van der Waals surface area (Å²) in [6, 6.07) is 6.10. The zero-order chi connectivity index (χ0) is 16.7. The van der Waals surface area contributed by atoms with Gasteiger partial charge in [0.25, 0.3) is 11.5 Å². The van der Waals surface area contributed by atoms with E-state index in [1.807, 2.05) is 0 Å². The summed E-state index contributed by atoms with van der Waals surface area (Å²) in [4.78, 5) is 24.9. The van der Waals surface area contributed by atoms with Gasteiger partial charge < -0.3 is 0 Å². The van der Waals surface area contributed by atoms with Gasteiger partial charge in [-0.2, -0.15) is 4.68 Å². The van der Waals surface area contributed by atoms with Crippen molar-refractivity contribution < 1.29 is 4.79 Å². The van der Waals surface area contributed by atoms with Gasteiger partial charge in [0.1, 0.15) is 16.6 Å². The summed E-state index contributed by atoms with van der Waals surface area (Å²) in [5.41, 5.74) is 0.156. The maximum absolute atomic E-state index is 12.5. The van der Waals surface area contributed by atoms with E-state index in [9.17, 15) is 9.59 Å². The van der Waals surface area contributed by atoms with E-state index in [0.29, 0.717) is 22.0 Å². The van der Waals surface area contributed by atoms with Crippen LogP contribution in [0.5, 0.6) is 0 Å². The molecule has 1 aliphatic carbocycles. The fourth-order valence-electron chi connectivity index (χ4n) is 2.36. The number of hydrogen-bond acceptors (Lipinski definition) is 7. The van der Waals surface area contributed by atoms with Crippen molar-refractivity contribution >= 4 is 33.3 Å². The van der Waals surface area contributed by atoms with E-state index < -0.39 is 6.04 Å². The minimum atomic E-state index is -0.803. The maximum Gasteiger partial charge on any atom is 0.278 e. The van der Waals surface area contributed by atoms with Crippen molar-refractivity contribution in [2.75, 3.05) is 5.32 Å². The molecule has 1 unspecified atom stereocenters. The van der Waals surface area contributed by atoms with Crippen molar-refractivity contribution in [2.24, 2.45) is 0 Å². The molecule has 1 amide bonds. The molecule has 3 aromatic rings. The largest absolute Gasteiger partial charge is 0.299 e. The molecule has 9 heteroatoms. The molecule has 0 saturated heterocycles. The first kappa shape index (κ1) is 14.9. The molecule has 24 heavy (non-hydrogen) atoms. The van der Waals surface area contributed by atoms with Gasteiger partial charge in [0, 0.05) is 5.92 Å². The first-order valence-electron chi connectivity index (χ1n) is 7.62. The highest BCUT2D eigenvalue weighted by Gasteiger charge is 2.28. The van der Waals surface area contributed by atoms with Crippen LogP contribution >= 0.6 is 11.3 Å². The summed E-state index contributed by atoms with van der Waals surface area (Å²) in [5, 5.41) is 20.4. The molecule has 0 radical (unpaired) electrons. The Morgan fingerprint density at radius 2 is 2.08 bits per heavy atom. The fraction of sp³-hybridized carbons (Fsp3) is 0.333. The number of carbonyl (C=O) groups excluding carboxylic acids is 1. The highest BCUT2D eigenvalue weighted by molar-refractivity contribution is 7.15. The van der Waals surface area contributed by atoms with Gasteiger partial charge in [-0.25, -0.2) is 0 Å². The van der Waals surface area contributed by atoms with Gasteiger partial charge in [-0.1, -0.05) is 28.7 Å². The Bertz CT molecular complexity index is 977. The second kappa shape index (κ2) is 5.75. The first-order valence-corrected chi connectivity index (χ1v) is 8.43. The van der Waals surface area contributed by atoms with Crippen LogP contribution < -0.4 is 10.9 Å². The monoisotopic (exact) mass is 342 g/mol. The zero-order valence-electron chi connectivity index (χ0n) is 12.8. The average molecular weight is 342 g/mol. The third-order valence-corrected chi connectivity index (χ3v) is 4.94. The molecule has 4 rings (SSSR count). The fourth-order valence-corrected chi connectivity index (χ4v) is 3.27. The number of carbonyl (C=O) groups is 1. The number of nitrogens with zero attached hydrogens (tertiary/aromatic N) is 5. The Hall–Kier alpha value is -2.68. The normalized spacial score (nSPS) is 15.4. The summed E-state index contributed by atoms with van der Waals surface area (Å²) < 4.78 is 1.08. The number of hydrogen-bond donors (Lipinski definition) is 1. The van der Waals surface area contributed by atoms with E-state index in [-0.39, 0.29) is 11.5 Å². The van der Waals surface area contributed by atoms with Crippen molar-refractivity contribution in [3.05, 3.63) is 39.6 Å². The molecule has 2 aromatic heterocycles. The van der Waals surface area contributed by atoms with Crippen LogP contribution in [-0.4, -0.2) is 31.1 Å². The smallest absolute Gasteiger partial charge is 0.278 e. The Morgan fingerprint density at radius 3 is 2.88 bits per heavy atom. The lowest BCUT2D eigenvalue weighted by Crippen LogP contribution is -2.34. The van der Waals surface area contributed by atoms with Crippen LogP contribution in [0.1, 0.15) is 36.7 Å². The van der Waals surface area contributed by atoms with Crippen LogP contribution in [0.25, 0.3) is 10.9 Å². The van der Waals surface area contributed by atoms with Crippen molar-refractivity contribution in [1.29, 1.82) is 0 Å². The number of anilines is 1. The van der Waals surface area contributed by atoms with Crippen LogP contribution in [0.2, 0.25) is 0 Å². The predicted octanol–water partition coefficient (Wildman–Crippen LogP) is 1.72. The lowest BCUT2D eigenvalue weighted by molar-refractivity contribution is -0.119. The molecule has 1 aromatic carbocycles. The molecule has 1 aliphatic rings. The number of fused-ring (bicyclic) bond motifs is 1. The second-order valence-corrected chi connectivity index (χ2v) is 6.75. The number of nitrogens with one attached hydrogen (secondary N) is 1. The van der Waals surface area contributed by atoms with Gasteiger partial charge in [0.05, 0.1) is 5.39 Å². The van der Waals surface area contributed by atoms with Gasteiger partial charge in [-0.3, -0.25) is 14.9 Å². The molecule has 122 valence electrons. The van der Waals surface area contributed by atoms with E-state index >= 15 is 0 Å². The van der Waals surface area contributed by atoms with E-state index in [0.717, 1.165) is 22.5 Å². The Labute approximate surface area is 140 Å². The van der Waals surface area contributed by atoms with Crippen molar-refractivity contribution in [3.8, 4) is 0 Å². The molecule has 0 aliphatic heterocycles. The minimum Gasteiger partial charge on any atom is -0.299 e. The molecule has 0 bridgehead atoms. The van der Waals surface area contributed by atoms with Gasteiger partial charge in [0.15, 0.2) is 0 Å². The van der Waals surface area contributed by atoms with Gasteiger partial charge in [0.2, 0.25) is 5.13 Å². The molecule has 2 heterocycles. The highest BCUT2D eigenvalue weighted by Crippen LogP contribution is 2.42. The predicted molar refractivity (Wildman–Crippen MR) is 89.0 cm³/mol. The molecule has 1 N–H and O–H groups in total. The average Bonchev–Trinajstić information content (AvgIpc) is 3.35. The number of benzene rings is 1. The standard InChI is InChI=1S/C15H14N6O2S/c1-8(12(22)16-15-19-18-13(24-15)9-6-7-9)21-14(23)10-4-2-3-5-11(10)17-20-21/h2-5,8-9H,6-7H2,1H3,(H,16,19,22). The van der Waals surface area contributed by atoms with Crippen LogP contribution in [-0.2, 0) is 4.79 Å². The lowest BCUT2D eigenvalue weighted by Gasteiger charge is -2.12. The molecule has 1 atom stereocenters. The number of aromatic nitrogens is 5. The van der Waals surface area contributed by atoms with Gasteiger partial charge in [-0.15, -0.1) is 15.3 Å². The van der Waals surface area contributed by atoms with Crippen molar-refractivity contribution in [2.45, 2.75) is 31.7 Å². The SMILES string of the molecule is CC(C(=O)Nc1nnc(C2CC2)s1)n1nnc2ccccc2c1=O. The zero-order valence-corrected chi connectivity index (χ0v) is 13.7. The summed E-state index contributed by atoms with van der Waals surface area (Å²) in [7, 11) is 0. The first-order chi connectivity index (χ1) is 11.6. The van der Waals surface area contributed by atoms with Crippen molar-refractivity contribution in [1.82, 2.24) is 25.2 Å². The summed E-state index contributed by atoms with van der Waals surface area (Å²) >= 11 is 1.37. The third kappa shape index (κ3) is 2.67. The third-order valence-electron chi connectivity index (χ3n) is 3.94. The molecule has 1 saturated carbocycles. The summed E-state index contributed by atoms with van der Waals surface area (Å²) in [6.45, 7) is 1.60. The summed E-state index contributed by atoms with van der Waals surface area (Å²) in [5.74, 6) is 0.111. The van der Waals surface area contributed by atoms with E-state index in [4.69, 9.17) is 0 Å². The molecular weight excluding hydrogens is 328 g/mol. The highest BCUT2D eigenvalue weighted by atomic mass is 32.1. The van der Waals surface area contributed by atoms with E-state index in [1.54, 1.807) is 31.2 Å². The summed E-state index contributed by atoms with van der Waals surface area (Å²) in [6.07, 6.45) is 2.25. The van der Waals surface area contributed by atoms with Crippen LogP contribution in [0.15, 0.2) is 29.1 Å². The topological polar surface area (TPSA) is 103 Å². The molecule has 8 nitrogen and oxygen atoms in total. The maximum atomic E-state index is 12.5. The van der Waals surface area contributed by atoms with E-state index in [2.05, 4.69) is 25.8 Å². The quantitative estimate of drug-likeness (QED) is 0.774. The van der Waals surface area contributed by atoms with E-state index in [1.165, 1.54) is 11.3 Å². The molecular formula is C15H14N6O2S. The van der Waals surface area contributed by atoms with Crippen LogP contribution in [0.4, 0.5) is 5.13 Å². The molecule has 1 fully saturated rings. The second-order valence-electron chi connectivity index (χ2n) is 5.74. The molecule has 0 spiro atoms. The minimum absolute atomic E-state index is 0.348. The van der Waals surface area contributed by atoms with Crippen LogP contribution in [0.3, 0.4) is 0 Å². The number of amides is 1. The van der Waals surface area contributed by atoms with Crippen LogP contribution in [0, 0.1) is 0 Å². The number of rotatable bonds is 4. The Morgan fingerprint density at radius 1 is 1.29 bits per heavy atom. The van der Waals surface area contributed by atoms with Crippen molar-refractivity contribution in [3.63, 3.8) is 0 Å². The van der Waals surface area contributed by atoms with Gasteiger partial charge >= 0.3 is 0 Å². The van der Waals surface area contributed by atoms with Gasteiger partial charge in [-0.05, 0) is 31.9 Å². The lowest BCUT2D eigenvalue weighted by atomic mass is 10.2. The Kier molecular flexibility index (Phi) is 3.57.